The summed E-state index contributed by atoms with van der Waals surface area (Å²) in [6, 6.07) is 6.37. The van der Waals surface area contributed by atoms with Gasteiger partial charge in [0, 0.05) is 43.3 Å². The van der Waals surface area contributed by atoms with Crippen LogP contribution in [0.3, 0.4) is 0 Å². The molecule has 4 rings (SSSR count). The molecule has 1 atom stereocenters. The van der Waals surface area contributed by atoms with Crippen LogP contribution in [0.15, 0.2) is 18.2 Å². The molecule has 25 heavy (non-hydrogen) atoms. The van der Waals surface area contributed by atoms with Gasteiger partial charge < -0.3 is 20.1 Å². The summed E-state index contributed by atoms with van der Waals surface area (Å²) < 4.78 is 11.3. The third kappa shape index (κ3) is 4.00. The largest absolute Gasteiger partial charge is 0.490 e. The molecule has 2 amide bonds. The molecule has 0 aromatic heterocycles. The molecule has 6 nitrogen and oxygen atoms in total. The Labute approximate surface area is 148 Å². The van der Waals surface area contributed by atoms with Gasteiger partial charge in [0.15, 0.2) is 11.5 Å². The maximum absolute atomic E-state index is 12.3. The molecule has 1 aromatic rings. The molecular formula is C19H27N3O3. The molecule has 0 spiro atoms. The first-order chi connectivity index (χ1) is 12.3. The van der Waals surface area contributed by atoms with Gasteiger partial charge in [-0.15, -0.1) is 0 Å². The van der Waals surface area contributed by atoms with Crippen molar-refractivity contribution in [3.63, 3.8) is 0 Å². The van der Waals surface area contributed by atoms with E-state index in [0.29, 0.717) is 19.0 Å². The zero-order valence-electron chi connectivity index (χ0n) is 14.6. The second kappa shape index (κ2) is 7.52. The maximum Gasteiger partial charge on any atom is 0.319 e. The van der Waals surface area contributed by atoms with Gasteiger partial charge in [-0.25, -0.2) is 4.79 Å². The molecule has 1 saturated heterocycles. The summed E-state index contributed by atoms with van der Waals surface area (Å²) in [6.07, 6.45) is 7.24. The fourth-order valence-corrected chi connectivity index (χ4v) is 4.10. The molecule has 6 heteroatoms. The number of nitrogens with zero attached hydrogens (tertiary/aromatic N) is 1. The molecule has 2 heterocycles. The van der Waals surface area contributed by atoms with Crippen LogP contribution in [0.1, 0.15) is 38.5 Å². The zero-order chi connectivity index (χ0) is 17.1. The highest BCUT2D eigenvalue weighted by Crippen LogP contribution is 2.32. The predicted octanol–water partition coefficient (Wildman–Crippen LogP) is 2.99. The summed E-state index contributed by atoms with van der Waals surface area (Å²) in [7, 11) is 0. The van der Waals surface area contributed by atoms with Crippen molar-refractivity contribution >= 4 is 11.7 Å². The number of benzene rings is 1. The van der Waals surface area contributed by atoms with E-state index in [1.165, 1.54) is 25.7 Å². The fourth-order valence-electron chi connectivity index (χ4n) is 4.10. The second-order valence-electron chi connectivity index (χ2n) is 7.23. The zero-order valence-corrected chi connectivity index (χ0v) is 14.6. The van der Waals surface area contributed by atoms with Gasteiger partial charge in [-0.2, -0.15) is 0 Å². The summed E-state index contributed by atoms with van der Waals surface area (Å²) in [5, 5.41) is 6.03. The van der Waals surface area contributed by atoms with Gasteiger partial charge in [-0.1, -0.05) is 12.8 Å². The molecule has 3 aliphatic rings. The number of fused-ring (bicyclic) bond motifs is 1. The van der Waals surface area contributed by atoms with Crippen LogP contribution in [0.4, 0.5) is 10.5 Å². The SMILES string of the molecule is O=C(Nc1ccc2c(c1)OCCCO2)N[C@@H]1CCN(C2CCCC2)C1. The maximum atomic E-state index is 12.3. The van der Waals surface area contributed by atoms with Crippen LogP contribution in [-0.4, -0.2) is 49.3 Å². The number of likely N-dealkylation sites (tertiary alicyclic amines) is 1. The molecule has 0 radical (unpaired) electrons. The van der Waals surface area contributed by atoms with Gasteiger partial charge in [0.2, 0.25) is 0 Å². The van der Waals surface area contributed by atoms with E-state index < -0.39 is 0 Å². The lowest BCUT2D eigenvalue weighted by molar-refractivity contribution is 0.234. The van der Waals surface area contributed by atoms with Crippen LogP contribution in [0.5, 0.6) is 11.5 Å². The van der Waals surface area contributed by atoms with Crippen molar-refractivity contribution in [1.82, 2.24) is 10.2 Å². The number of rotatable bonds is 3. The van der Waals surface area contributed by atoms with Gasteiger partial charge in [0.25, 0.3) is 0 Å². The van der Waals surface area contributed by atoms with Crippen molar-refractivity contribution in [2.45, 2.75) is 50.6 Å². The van der Waals surface area contributed by atoms with Crippen molar-refractivity contribution in [2.24, 2.45) is 0 Å². The van der Waals surface area contributed by atoms with E-state index in [2.05, 4.69) is 15.5 Å². The molecule has 136 valence electrons. The van der Waals surface area contributed by atoms with E-state index in [1.807, 2.05) is 18.2 Å². The molecule has 0 unspecified atom stereocenters. The van der Waals surface area contributed by atoms with E-state index in [4.69, 9.17) is 9.47 Å². The van der Waals surface area contributed by atoms with Crippen LogP contribution in [0.2, 0.25) is 0 Å². The lowest BCUT2D eigenvalue weighted by atomic mass is 10.2. The van der Waals surface area contributed by atoms with Crippen LogP contribution >= 0.6 is 0 Å². The minimum absolute atomic E-state index is 0.146. The number of carbonyl (C=O) groups is 1. The fraction of sp³-hybridized carbons (Fsp3) is 0.632. The quantitative estimate of drug-likeness (QED) is 0.884. The Balaban J connectivity index is 1.30. The average Bonchev–Trinajstić information content (AvgIpc) is 3.23. The number of carbonyl (C=O) groups excluding carboxylic acids is 1. The van der Waals surface area contributed by atoms with Crippen LogP contribution < -0.4 is 20.1 Å². The van der Waals surface area contributed by atoms with Crippen molar-refractivity contribution in [1.29, 1.82) is 0 Å². The summed E-state index contributed by atoms with van der Waals surface area (Å²) >= 11 is 0. The Kier molecular flexibility index (Phi) is 4.97. The highest BCUT2D eigenvalue weighted by Gasteiger charge is 2.30. The monoisotopic (exact) mass is 345 g/mol. The van der Waals surface area contributed by atoms with E-state index >= 15 is 0 Å². The normalized spacial score (nSPS) is 24.1. The van der Waals surface area contributed by atoms with E-state index in [0.717, 1.165) is 43.4 Å². The van der Waals surface area contributed by atoms with Gasteiger partial charge in [-0.05, 0) is 31.4 Å². The molecule has 1 saturated carbocycles. The smallest absolute Gasteiger partial charge is 0.319 e. The number of hydrogen-bond donors (Lipinski definition) is 2. The van der Waals surface area contributed by atoms with Gasteiger partial charge in [0.05, 0.1) is 13.2 Å². The molecule has 0 bridgehead atoms. The Morgan fingerprint density at radius 2 is 1.84 bits per heavy atom. The highest BCUT2D eigenvalue weighted by atomic mass is 16.5. The summed E-state index contributed by atoms with van der Waals surface area (Å²) in [5.41, 5.74) is 0.729. The van der Waals surface area contributed by atoms with Crippen LogP contribution in [-0.2, 0) is 0 Å². The van der Waals surface area contributed by atoms with E-state index in [-0.39, 0.29) is 12.1 Å². The predicted molar refractivity (Wildman–Crippen MR) is 96.4 cm³/mol. The molecule has 2 fully saturated rings. The Morgan fingerprint density at radius 1 is 1.04 bits per heavy atom. The number of amides is 2. The first-order valence-corrected chi connectivity index (χ1v) is 9.49. The number of anilines is 1. The van der Waals surface area contributed by atoms with Crippen molar-refractivity contribution in [3.05, 3.63) is 18.2 Å². The standard InChI is InChI=1S/C19H27N3O3/c23-19(21-15-8-9-22(13-15)16-4-1-2-5-16)20-14-6-7-17-18(12-14)25-11-3-10-24-17/h6-7,12,15-16H,1-5,8-11,13H2,(H2,20,21,23)/t15-/m1/s1. The third-order valence-corrected chi connectivity index (χ3v) is 5.40. The minimum Gasteiger partial charge on any atom is -0.490 e. The molecule has 2 N–H and O–H groups in total. The second-order valence-corrected chi connectivity index (χ2v) is 7.23. The lowest BCUT2D eigenvalue weighted by Gasteiger charge is -2.23. The summed E-state index contributed by atoms with van der Waals surface area (Å²) in [5.74, 6) is 1.44. The van der Waals surface area contributed by atoms with Crippen molar-refractivity contribution < 1.29 is 14.3 Å². The average molecular weight is 345 g/mol. The Hall–Kier alpha value is -1.95. The number of nitrogens with one attached hydrogen (secondary N) is 2. The van der Waals surface area contributed by atoms with E-state index in [9.17, 15) is 4.79 Å². The Bertz CT molecular complexity index is 616. The molecule has 2 aliphatic heterocycles. The van der Waals surface area contributed by atoms with Gasteiger partial charge >= 0.3 is 6.03 Å². The number of urea groups is 1. The van der Waals surface area contributed by atoms with E-state index in [1.54, 1.807) is 0 Å². The third-order valence-electron chi connectivity index (χ3n) is 5.40. The first-order valence-electron chi connectivity index (χ1n) is 9.49. The minimum atomic E-state index is -0.146. The highest BCUT2D eigenvalue weighted by molar-refractivity contribution is 5.89. The van der Waals surface area contributed by atoms with Gasteiger partial charge in [0.1, 0.15) is 0 Å². The Morgan fingerprint density at radius 3 is 2.68 bits per heavy atom. The lowest BCUT2D eigenvalue weighted by Crippen LogP contribution is -2.41. The van der Waals surface area contributed by atoms with Crippen molar-refractivity contribution in [2.75, 3.05) is 31.6 Å². The number of hydrogen-bond acceptors (Lipinski definition) is 4. The summed E-state index contributed by atoms with van der Waals surface area (Å²) in [6.45, 7) is 3.38. The molecular weight excluding hydrogens is 318 g/mol. The first kappa shape index (κ1) is 16.5. The molecule has 1 aromatic carbocycles. The summed E-state index contributed by atoms with van der Waals surface area (Å²) in [4.78, 5) is 14.9. The molecule has 1 aliphatic carbocycles. The van der Waals surface area contributed by atoms with Crippen LogP contribution in [0, 0.1) is 0 Å². The number of ether oxygens (including phenoxy) is 2. The topological polar surface area (TPSA) is 62.8 Å². The van der Waals surface area contributed by atoms with Crippen molar-refractivity contribution in [3.8, 4) is 11.5 Å². The van der Waals surface area contributed by atoms with Crippen LogP contribution in [0.25, 0.3) is 0 Å². The van der Waals surface area contributed by atoms with Gasteiger partial charge in [-0.3, -0.25) is 4.90 Å².